The maximum atomic E-state index is 12.4. The molecule has 0 spiro atoms. The number of carbonyl (C=O) groups is 2. The summed E-state index contributed by atoms with van der Waals surface area (Å²) < 4.78 is 0. The molecule has 2 N–H and O–H groups in total. The predicted octanol–water partition coefficient (Wildman–Crippen LogP) is 7.40. The van der Waals surface area contributed by atoms with Crippen LogP contribution in [0.5, 0.6) is 0 Å². The van der Waals surface area contributed by atoms with Crippen LogP contribution in [0, 0.1) is 11.8 Å². The number of rotatable bonds is 13. The standard InChI is InChI=1S/C44H40O4P2/c1-31(43(45)46)29-33-17-15-27-39(49(35-19-7-3-8-20-35)36-21-9-4-10-22-36)41(33)42-34(30-32(2)44(47)48)18-16-28-40(42)50(37-23-11-5-12-24-37)38-25-13-6-14-26-38/h3-28,31-32H,29-30H2,1-2H3,(H,45,46)(H,47,48). The zero-order chi connectivity index (χ0) is 35.0. The molecule has 6 aromatic carbocycles. The van der Waals surface area contributed by atoms with E-state index in [0.717, 1.165) is 32.9 Å². The van der Waals surface area contributed by atoms with Crippen LogP contribution in [0.4, 0.5) is 0 Å². The Hall–Kier alpha value is -4.88. The Balaban J connectivity index is 1.75. The highest BCUT2D eigenvalue weighted by Gasteiger charge is 2.30. The van der Waals surface area contributed by atoms with Crippen molar-refractivity contribution in [2.75, 3.05) is 0 Å². The molecule has 0 aliphatic heterocycles. The van der Waals surface area contributed by atoms with Gasteiger partial charge in [-0.05, 0) is 82.8 Å². The minimum absolute atomic E-state index is 0.335. The highest BCUT2D eigenvalue weighted by Crippen LogP contribution is 2.44. The Morgan fingerprint density at radius 3 is 0.980 bits per heavy atom. The molecule has 0 heterocycles. The SMILES string of the molecule is CC(Cc1cccc(P(c2ccccc2)c2ccccc2)c1-c1c(CC(C)C(=O)O)cccc1P(c1ccccc1)c1ccccc1)C(=O)O. The Morgan fingerprint density at radius 1 is 0.440 bits per heavy atom. The summed E-state index contributed by atoms with van der Waals surface area (Å²) in [6.07, 6.45) is 0.671. The van der Waals surface area contributed by atoms with Gasteiger partial charge in [0.2, 0.25) is 0 Å². The van der Waals surface area contributed by atoms with Gasteiger partial charge in [0.25, 0.3) is 0 Å². The van der Waals surface area contributed by atoms with Crippen molar-refractivity contribution in [3.63, 3.8) is 0 Å². The Kier molecular flexibility index (Phi) is 11.3. The van der Waals surface area contributed by atoms with Crippen molar-refractivity contribution in [1.82, 2.24) is 0 Å². The van der Waals surface area contributed by atoms with E-state index in [4.69, 9.17) is 0 Å². The highest BCUT2D eigenvalue weighted by atomic mass is 31.1. The van der Waals surface area contributed by atoms with E-state index in [-0.39, 0.29) is 0 Å². The molecule has 0 fully saturated rings. The molecule has 0 saturated carbocycles. The van der Waals surface area contributed by atoms with Crippen molar-refractivity contribution in [3.8, 4) is 11.1 Å². The monoisotopic (exact) mass is 694 g/mol. The first-order chi connectivity index (χ1) is 24.3. The lowest BCUT2D eigenvalue weighted by atomic mass is 9.88. The van der Waals surface area contributed by atoms with E-state index >= 15 is 0 Å². The van der Waals surface area contributed by atoms with Crippen LogP contribution in [-0.2, 0) is 22.4 Å². The molecule has 6 heteroatoms. The number of benzene rings is 6. The lowest BCUT2D eigenvalue weighted by molar-refractivity contribution is -0.142. The molecule has 2 unspecified atom stereocenters. The van der Waals surface area contributed by atoms with E-state index in [9.17, 15) is 19.8 Å². The first-order valence-electron chi connectivity index (χ1n) is 16.8. The fraction of sp³-hybridized carbons (Fsp3) is 0.136. The van der Waals surface area contributed by atoms with E-state index in [1.165, 1.54) is 21.2 Å². The van der Waals surface area contributed by atoms with Crippen molar-refractivity contribution in [3.05, 3.63) is 169 Å². The smallest absolute Gasteiger partial charge is 0.306 e. The second kappa shape index (κ2) is 16.2. The molecule has 0 aliphatic carbocycles. The molecule has 50 heavy (non-hydrogen) atoms. The maximum absolute atomic E-state index is 12.4. The van der Waals surface area contributed by atoms with Gasteiger partial charge in [-0.2, -0.15) is 0 Å². The largest absolute Gasteiger partial charge is 0.481 e. The van der Waals surface area contributed by atoms with Crippen LogP contribution in [0.2, 0.25) is 0 Å². The molecular formula is C44H40O4P2. The van der Waals surface area contributed by atoms with Crippen LogP contribution >= 0.6 is 15.8 Å². The Morgan fingerprint density at radius 2 is 0.720 bits per heavy atom. The fourth-order valence-electron chi connectivity index (χ4n) is 6.46. The minimum atomic E-state index is -1.09. The summed E-state index contributed by atoms with van der Waals surface area (Å²) in [5, 5.41) is 27.3. The molecule has 2 atom stereocenters. The van der Waals surface area contributed by atoms with E-state index in [0.29, 0.717) is 12.8 Å². The van der Waals surface area contributed by atoms with Crippen LogP contribution in [-0.4, -0.2) is 22.2 Å². The molecule has 0 aromatic heterocycles. The molecule has 6 aromatic rings. The third-order valence-electron chi connectivity index (χ3n) is 8.94. The van der Waals surface area contributed by atoms with Gasteiger partial charge in [-0.3, -0.25) is 9.59 Å². The summed E-state index contributed by atoms with van der Waals surface area (Å²) in [6.45, 7) is 3.52. The zero-order valence-electron chi connectivity index (χ0n) is 28.2. The Bertz CT molecular complexity index is 1820. The summed E-state index contributed by atoms with van der Waals surface area (Å²) in [7, 11) is -2.18. The molecule has 6 rings (SSSR count). The second-order valence-electron chi connectivity index (χ2n) is 12.5. The molecule has 0 aliphatic rings. The van der Waals surface area contributed by atoms with Crippen molar-refractivity contribution in [2.45, 2.75) is 26.7 Å². The van der Waals surface area contributed by atoms with Crippen LogP contribution in [0.3, 0.4) is 0 Å². The Labute approximate surface area is 297 Å². The number of carboxylic acids is 2. The molecule has 0 radical (unpaired) electrons. The van der Waals surface area contributed by atoms with E-state index < -0.39 is 39.6 Å². The van der Waals surface area contributed by atoms with Gasteiger partial charge in [0.05, 0.1) is 11.8 Å². The summed E-state index contributed by atoms with van der Waals surface area (Å²) in [5.41, 5.74) is 3.93. The lowest BCUT2D eigenvalue weighted by Gasteiger charge is -2.30. The van der Waals surface area contributed by atoms with E-state index in [1.807, 2.05) is 24.3 Å². The topological polar surface area (TPSA) is 74.6 Å². The summed E-state index contributed by atoms with van der Waals surface area (Å²) in [6, 6.07) is 54.7. The highest BCUT2D eigenvalue weighted by molar-refractivity contribution is 7.80. The third-order valence-corrected chi connectivity index (χ3v) is 13.9. The van der Waals surface area contributed by atoms with Crippen molar-refractivity contribution < 1.29 is 19.8 Å². The van der Waals surface area contributed by atoms with Gasteiger partial charge in [-0.25, -0.2) is 0 Å². The van der Waals surface area contributed by atoms with Crippen LogP contribution in [0.1, 0.15) is 25.0 Å². The lowest BCUT2D eigenvalue weighted by Crippen LogP contribution is -2.28. The maximum Gasteiger partial charge on any atom is 0.306 e. The van der Waals surface area contributed by atoms with Gasteiger partial charge >= 0.3 is 11.9 Å². The summed E-state index contributed by atoms with van der Waals surface area (Å²) in [5.74, 6) is -2.94. The summed E-state index contributed by atoms with van der Waals surface area (Å²) >= 11 is 0. The molecular weight excluding hydrogens is 654 g/mol. The molecule has 0 bridgehead atoms. The van der Waals surface area contributed by atoms with Crippen LogP contribution < -0.4 is 31.8 Å². The van der Waals surface area contributed by atoms with E-state index in [1.54, 1.807) is 13.8 Å². The van der Waals surface area contributed by atoms with Gasteiger partial charge in [-0.1, -0.05) is 172 Å². The van der Waals surface area contributed by atoms with E-state index in [2.05, 4.69) is 133 Å². The van der Waals surface area contributed by atoms with Gasteiger partial charge < -0.3 is 10.2 Å². The molecule has 250 valence electrons. The molecule has 4 nitrogen and oxygen atoms in total. The number of carboxylic acid groups (broad SMARTS) is 2. The molecule has 0 saturated heterocycles. The average Bonchev–Trinajstić information content (AvgIpc) is 3.14. The first kappa shape index (κ1) is 35.0. The van der Waals surface area contributed by atoms with Crippen molar-refractivity contribution in [2.24, 2.45) is 11.8 Å². The van der Waals surface area contributed by atoms with Crippen molar-refractivity contribution in [1.29, 1.82) is 0 Å². The number of hydrogen-bond acceptors (Lipinski definition) is 2. The normalized spacial score (nSPS) is 12.5. The van der Waals surface area contributed by atoms with Crippen molar-refractivity contribution >= 4 is 59.6 Å². The van der Waals surface area contributed by atoms with Crippen LogP contribution in [0.15, 0.2) is 158 Å². The van der Waals surface area contributed by atoms with Gasteiger partial charge in [-0.15, -0.1) is 0 Å². The molecule has 0 amide bonds. The number of hydrogen-bond donors (Lipinski definition) is 2. The third kappa shape index (κ3) is 7.79. The number of aliphatic carboxylic acids is 2. The van der Waals surface area contributed by atoms with Crippen LogP contribution in [0.25, 0.3) is 11.1 Å². The van der Waals surface area contributed by atoms with Gasteiger partial charge in [0.1, 0.15) is 0 Å². The quantitative estimate of drug-likeness (QED) is 0.124. The average molecular weight is 695 g/mol. The van der Waals surface area contributed by atoms with Gasteiger partial charge in [0, 0.05) is 0 Å². The summed E-state index contributed by atoms with van der Waals surface area (Å²) in [4.78, 5) is 24.8. The second-order valence-corrected chi connectivity index (χ2v) is 16.9. The fourth-order valence-corrected chi connectivity index (χ4v) is 11.5. The zero-order valence-corrected chi connectivity index (χ0v) is 30.0. The minimum Gasteiger partial charge on any atom is -0.481 e. The predicted molar refractivity (Wildman–Crippen MR) is 210 cm³/mol. The first-order valence-corrected chi connectivity index (χ1v) is 19.5. The van der Waals surface area contributed by atoms with Gasteiger partial charge in [0.15, 0.2) is 0 Å².